The van der Waals surface area contributed by atoms with E-state index in [1.807, 2.05) is 11.8 Å². The van der Waals surface area contributed by atoms with Gasteiger partial charge < -0.3 is 9.80 Å². The highest BCUT2D eigenvalue weighted by atomic mass is 19.1. The molecule has 1 aromatic carbocycles. The molecule has 1 saturated heterocycles. The van der Waals surface area contributed by atoms with Crippen LogP contribution in [0.2, 0.25) is 0 Å². The lowest BCUT2D eigenvalue weighted by Crippen LogP contribution is -2.58. The van der Waals surface area contributed by atoms with Crippen LogP contribution in [0.25, 0.3) is 0 Å². The van der Waals surface area contributed by atoms with Crippen molar-refractivity contribution in [2.24, 2.45) is 0 Å². The lowest BCUT2D eigenvalue weighted by molar-refractivity contribution is -0.136. The number of rotatable bonds is 7. The first-order valence-electron chi connectivity index (χ1n) is 9.71. The summed E-state index contributed by atoms with van der Waals surface area (Å²) in [6, 6.07) is 7.25. The van der Waals surface area contributed by atoms with Crippen molar-refractivity contribution in [3.63, 3.8) is 0 Å². The first-order chi connectivity index (χ1) is 12.3. The summed E-state index contributed by atoms with van der Waals surface area (Å²) in [5, 5.41) is 0. The van der Waals surface area contributed by atoms with Crippen LogP contribution in [0.15, 0.2) is 24.3 Å². The van der Waals surface area contributed by atoms with Gasteiger partial charge in [-0.2, -0.15) is 0 Å². The zero-order valence-corrected chi connectivity index (χ0v) is 16.9. The Morgan fingerprint density at radius 3 is 2.31 bits per heavy atom. The Balaban J connectivity index is 1.87. The lowest BCUT2D eigenvalue weighted by Gasteiger charge is -2.45. The number of amides is 1. The second-order valence-corrected chi connectivity index (χ2v) is 8.05. The Kier molecular flexibility index (Phi) is 7.59. The van der Waals surface area contributed by atoms with Crippen LogP contribution in [0.3, 0.4) is 0 Å². The average Bonchev–Trinajstić information content (AvgIpc) is 2.57. The van der Waals surface area contributed by atoms with Gasteiger partial charge >= 0.3 is 0 Å². The molecule has 1 aliphatic heterocycles. The van der Waals surface area contributed by atoms with Crippen molar-refractivity contribution < 1.29 is 9.18 Å². The van der Waals surface area contributed by atoms with Crippen LogP contribution in [-0.4, -0.2) is 73.0 Å². The van der Waals surface area contributed by atoms with Crippen LogP contribution in [0, 0.1) is 5.82 Å². The van der Waals surface area contributed by atoms with Crippen molar-refractivity contribution in [2.75, 3.05) is 40.3 Å². The van der Waals surface area contributed by atoms with Crippen LogP contribution in [-0.2, 0) is 4.79 Å². The second kappa shape index (κ2) is 9.47. The van der Waals surface area contributed by atoms with E-state index in [4.69, 9.17) is 0 Å². The molecule has 146 valence electrons. The van der Waals surface area contributed by atoms with Gasteiger partial charge in [-0.15, -0.1) is 0 Å². The minimum Gasteiger partial charge on any atom is -0.340 e. The van der Waals surface area contributed by atoms with Crippen molar-refractivity contribution >= 4 is 5.91 Å². The summed E-state index contributed by atoms with van der Waals surface area (Å²) >= 11 is 0. The van der Waals surface area contributed by atoms with Gasteiger partial charge in [0.15, 0.2) is 0 Å². The van der Waals surface area contributed by atoms with E-state index in [1.54, 1.807) is 12.1 Å². The van der Waals surface area contributed by atoms with E-state index in [2.05, 4.69) is 37.7 Å². The van der Waals surface area contributed by atoms with E-state index < -0.39 is 0 Å². The molecule has 26 heavy (non-hydrogen) atoms. The highest BCUT2D eigenvalue weighted by Crippen LogP contribution is 2.23. The molecule has 1 aromatic rings. The Morgan fingerprint density at radius 2 is 1.77 bits per heavy atom. The highest BCUT2D eigenvalue weighted by Gasteiger charge is 2.31. The molecule has 0 aromatic heterocycles. The monoisotopic (exact) mass is 363 g/mol. The van der Waals surface area contributed by atoms with Gasteiger partial charge in [-0.3, -0.25) is 9.69 Å². The average molecular weight is 364 g/mol. The normalized spacial score (nSPS) is 22.7. The SMILES string of the molecule is CC(CC(=O)N1CC(C)N(CCCN(C)C)C(C)C1)c1ccc(F)cc1. The Morgan fingerprint density at radius 1 is 1.19 bits per heavy atom. The molecule has 1 fully saturated rings. The maximum absolute atomic E-state index is 13.1. The Hall–Kier alpha value is -1.46. The number of hydrogen-bond acceptors (Lipinski definition) is 3. The largest absolute Gasteiger partial charge is 0.340 e. The fraction of sp³-hybridized carbons (Fsp3) is 0.667. The van der Waals surface area contributed by atoms with E-state index in [-0.39, 0.29) is 17.6 Å². The number of halogens is 1. The predicted octanol–water partition coefficient (Wildman–Crippen LogP) is 3.19. The van der Waals surface area contributed by atoms with Crippen LogP contribution < -0.4 is 0 Å². The number of piperazine rings is 1. The van der Waals surface area contributed by atoms with Crippen LogP contribution in [0.1, 0.15) is 45.1 Å². The van der Waals surface area contributed by atoms with Gasteiger partial charge in [0.1, 0.15) is 5.82 Å². The molecule has 1 aliphatic rings. The molecule has 0 bridgehead atoms. The third-order valence-electron chi connectivity index (χ3n) is 5.40. The first kappa shape index (κ1) is 20.8. The number of hydrogen-bond donors (Lipinski definition) is 0. The van der Waals surface area contributed by atoms with Gasteiger partial charge in [0.25, 0.3) is 0 Å². The molecule has 0 spiro atoms. The smallest absolute Gasteiger partial charge is 0.223 e. The molecule has 3 atom stereocenters. The topological polar surface area (TPSA) is 26.8 Å². The van der Waals surface area contributed by atoms with Crippen LogP contribution in [0.5, 0.6) is 0 Å². The minimum absolute atomic E-state index is 0.104. The number of nitrogens with zero attached hydrogens (tertiary/aromatic N) is 3. The quantitative estimate of drug-likeness (QED) is 0.744. The standard InChI is InChI=1S/C21H34FN3O/c1-16(19-7-9-20(22)10-8-19)13-21(26)24-14-17(2)25(18(3)15-24)12-6-11-23(4)5/h7-10,16-18H,6,11-15H2,1-5H3. The van der Waals surface area contributed by atoms with Gasteiger partial charge in [-0.25, -0.2) is 4.39 Å². The molecule has 1 heterocycles. The molecule has 1 amide bonds. The summed E-state index contributed by atoms with van der Waals surface area (Å²) in [6.45, 7) is 10.2. The highest BCUT2D eigenvalue weighted by molar-refractivity contribution is 5.77. The van der Waals surface area contributed by atoms with Gasteiger partial charge in [-0.1, -0.05) is 19.1 Å². The predicted molar refractivity (Wildman–Crippen MR) is 105 cm³/mol. The molecule has 5 heteroatoms. The maximum atomic E-state index is 13.1. The number of carbonyl (C=O) groups is 1. The zero-order valence-electron chi connectivity index (χ0n) is 16.9. The van der Waals surface area contributed by atoms with Crippen molar-refractivity contribution in [3.05, 3.63) is 35.6 Å². The molecule has 0 saturated carbocycles. The summed E-state index contributed by atoms with van der Waals surface area (Å²) in [5.74, 6) is 0.0700. The third-order valence-corrected chi connectivity index (χ3v) is 5.40. The van der Waals surface area contributed by atoms with Crippen molar-refractivity contribution in [2.45, 2.75) is 51.6 Å². The molecular weight excluding hydrogens is 329 g/mol. The summed E-state index contributed by atoms with van der Waals surface area (Å²) in [7, 11) is 4.21. The summed E-state index contributed by atoms with van der Waals surface area (Å²) in [5.41, 5.74) is 1.02. The maximum Gasteiger partial charge on any atom is 0.223 e. The summed E-state index contributed by atoms with van der Waals surface area (Å²) < 4.78 is 13.1. The molecule has 2 rings (SSSR count). The van der Waals surface area contributed by atoms with Gasteiger partial charge in [0, 0.05) is 38.1 Å². The zero-order chi connectivity index (χ0) is 19.3. The van der Waals surface area contributed by atoms with Gasteiger partial charge in [0.05, 0.1) is 0 Å². The van der Waals surface area contributed by atoms with Crippen LogP contribution in [0.4, 0.5) is 4.39 Å². The van der Waals surface area contributed by atoms with Gasteiger partial charge in [0.2, 0.25) is 5.91 Å². The molecule has 4 nitrogen and oxygen atoms in total. The van der Waals surface area contributed by atoms with E-state index >= 15 is 0 Å². The van der Waals surface area contributed by atoms with E-state index in [0.29, 0.717) is 18.5 Å². The summed E-state index contributed by atoms with van der Waals surface area (Å²) in [6.07, 6.45) is 1.63. The lowest BCUT2D eigenvalue weighted by atomic mass is 9.96. The molecular formula is C21H34FN3O. The number of carbonyl (C=O) groups excluding carboxylic acids is 1. The van der Waals surface area contributed by atoms with Crippen LogP contribution >= 0.6 is 0 Å². The van der Waals surface area contributed by atoms with Gasteiger partial charge in [-0.05, 0) is 64.5 Å². The van der Waals surface area contributed by atoms with E-state index in [1.165, 1.54) is 12.1 Å². The van der Waals surface area contributed by atoms with Crippen molar-refractivity contribution in [1.82, 2.24) is 14.7 Å². The van der Waals surface area contributed by atoms with E-state index in [0.717, 1.165) is 38.2 Å². The second-order valence-electron chi connectivity index (χ2n) is 8.05. The molecule has 0 aliphatic carbocycles. The third kappa shape index (κ3) is 5.78. The molecule has 0 N–H and O–H groups in total. The van der Waals surface area contributed by atoms with Crippen molar-refractivity contribution in [3.8, 4) is 0 Å². The minimum atomic E-state index is -0.236. The Labute approximate surface area is 158 Å². The molecule has 3 unspecified atom stereocenters. The fourth-order valence-electron chi connectivity index (χ4n) is 3.87. The first-order valence-corrected chi connectivity index (χ1v) is 9.71. The molecule has 0 radical (unpaired) electrons. The fourth-order valence-corrected chi connectivity index (χ4v) is 3.87. The van der Waals surface area contributed by atoms with E-state index in [9.17, 15) is 9.18 Å². The van der Waals surface area contributed by atoms with Crippen molar-refractivity contribution in [1.29, 1.82) is 0 Å². The Bertz CT molecular complexity index is 563. The summed E-state index contributed by atoms with van der Waals surface area (Å²) in [4.78, 5) is 19.5. The number of benzene rings is 1.